The van der Waals surface area contributed by atoms with Gasteiger partial charge in [0.15, 0.2) is 11.2 Å². The maximum atomic E-state index is 12.7. The van der Waals surface area contributed by atoms with Crippen molar-refractivity contribution in [3.05, 3.63) is 43.2 Å². The van der Waals surface area contributed by atoms with Crippen LogP contribution in [0.15, 0.2) is 15.9 Å². The zero-order valence-electron chi connectivity index (χ0n) is 16.2. The zero-order chi connectivity index (χ0) is 20.7. The molecule has 0 atom stereocenters. The van der Waals surface area contributed by atoms with Crippen LogP contribution in [0.2, 0.25) is 0 Å². The van der Waals surface area contributed by atoms with E-state index in [-0.39, 0.29) is 23.6 Å². The molecule has 150 valence electrons. The number of aryl methyl sites for hydroxylation is 2. The van der Waals surface area contributed by atoms with Gasteiger partial charge < -0.3 is 9.88 Å². The molecule has 0 saturated carbocycles. The number of nitriles is 1. The Hall–Kier alpha value is -3.19. The van der Waals surface area contributed by atoms with E-state index in [2.05, 4.69) is 16.4 Å². The van der Waals surface area contributed by atoms with Gasteiger partial charge in [0.2, 0.25) is 5.91 Å². The molecule has 0 bridgehead atoms. The van der Waals surface area contributed by atoms with Gasteiger partial charge in [0.05, 0.1) is 11.9 Å². The van der Waals surface area contributed by atoms with Gasteiger partial charge in [0.1, 0.15) is 17.6 Å². The Morgan fingerprint density at radius 3 is 2.76 bits per heavy atom. The minimum absolute atomic E-state index is 0.141. The van der Waals surface area contributed by atoms with Gasteiger partial charge in [-0.15, -0.1) is 11.3 Å². The van der Waals surface area contributed by atoms with E-state index < -0.39 is 11.2 Å². The first-order valence-electron chi connectivity index (χ1n) is 9.37. The Labute approximate surface area is 169 Å². The summed E-state index contributed by atoms with van der Waals surface area (Å²) in [6.07, 6.45) is 6.46. The number of imidazole rings is 1. The number of fused-ring (bicyclic) bond motifs is 2. The maximum absolute atomic E-state index is 12.7. The second-order valence-electron chi connectivity index (χ2n) is 7.18. The van der Waals surface area contributed by atoms with Crippen molar-refractivity contribution in [3.8, 4) is 6.07 Å². The molecule has 1 aliphatic carbocycles. The first kappa shape index (κ1) is 19.1. The lowest BCUT2D eigenvalue weighted by atomic mass is 10.1. The summed E-state index contributed by atoms with van der Waals surface area (Å²) in [5.74, 6) is -0.354. The van der Waals surface area contributed by atoms with Crippen molar-refractivity contribution in [2.75, 3.05) is 5.32 Å². The standard InChI is InChI=1S/C19H20N6O3S/c1-23-16-15(18(27)24(2)19(23)28)25(10-21-16)9-14(26)22-17-12(8-20)11-6-4-3-5-7-13(11)29-17/h10H,3-7,9H2,1-2H3,(H,22,26). The number of nitrogens with zero attached hydrogens (tertiary/aromatic N) is 5. The van der Waals surface area contributed by atoms with Crippen LogP contribution in [-0.4, -0.2) is 24.6 Å². The molecule has 4 rings (SSSR count). The van der Waals surface area contributed by atoms with Crippen LogP contribution >= 0.6 is 11.3 Å². The molecule has 10 heteroatoms. The fourth-order valence-electron chi connectivity index (χ4n) is 3.79. The highest BCUT2D eigenvalue weighted by Crippen LogP contribution is 2.36. The number of carbonyl (C=O) groups excluding carboxylic acids is 1. The van der Waals surface area contributed by atoms with Crippen molar-refractivity contribution in [1.29, 1.82) is 5.26 Å². The molecule has 3 heterocycles. The van der Waals surface area contributed by atoms with Gasteiger partial charge in [0.25, 0.3) is 5.56 Å². The van der Waals surface area contributed by atoms with E-state index in [4.69, 9.17) is 0 Å². The molecule has 1 N–H and O–H groups in total. The SMILES string of the molecule is Cn1c(=O)c2c(ncn2CC(=O)Nc2sc3c(c2C#N)CCCCC3)n(C)c1=O. The minimum atomic E-state index is -0.506. The summed E-state index contributed by atoms with van der Waals surface area (Å²) in [6.45, 7) is -0.141. The van der Waals surface area contributed by atoms with Gasteiger partial charge in [-0.3, -0.25) is 18.7 Å². The molecule has 9 nitrogen and oxygen atoms in total. The molecule has 0 aromatic carbocycles. The second kappa shape index (κ2) is 7.33. The molecule has 1 aliphatic rings. The molecular formula is C19H20N6O3S. The third kappa shape index (κ3) is 3.17. The van der Waals surface area contributed by atoms with E-state index in [0.29, 0.717) is 10.6 Å². The Morgan fingerprint density at radius 2 is 2.00 bits per heavy atom. The summed E-state index contributed by atoms with van der Waals surface area (Å²) in [7, 11) is 2.92. The lowest BCUT2D eigenvalue weighted by Gasteiger charge is -2.07. The summed E-state index contributed by atoms with van der Waals surface area (Å²) < 4.78 is 3.69. The highest BCUT2D eigenvalue weighted by Gasteiger charge is 2.22. The quantitative estimate of drug-likeness (QED) is 0.651. The molecule has 0 fully saturated rings. The molecule has 1 amide bonds. The first-order valence-corrected chi connectivity index (χ1v) is 10.2. The Kier molecular flexibility index (Phi) is 4.84. The topological polar surface area (TPSA) is 115 Å². The summed E-state index contributed by atoms with van der Waals surface area (Å²) in [6, 6.07) is 2.24. The average Bonchev–Trinajstić information content (AvgIpc) is 3.17. The third-order valence-electron chi connectivity index (χ3n) is 5.32. The van der Waals surface area contributed by atoms with Crippen LogP contribution < -0.4 is 16.6 Å². The number of hydrogen-bond acceptors (Lipinski definition) is 6. The number of carbonyl (C=O) groups is 1. The zero-order valence-corrected chi connectivity index (χ0v) is 17.0. The van der Waals surface area contributed by atoms with Crippen molar-refractivity contribution >= 4 is 33.4 Å². The average molecular weight is 412 g/mol. The highest BCUT2D eigenvalue weighted by molar-refractivity contribution is 7.16. The van der Waals surface area contributed by atoms with Crippen LogP contribution in [0, 0.1) is 11.3 Å². The number of nitrogens with one attached hydrogen (secondary N) is 1. The van der Waals surface area contributed by atoms with Crippen LogP contribution in [0.25, 0.3) is 11.2 Å². The molecule has 0 radical (unpaired) electrons. The van der Waals surface area contributed by atoms with Gasteiger partial charge in [-0.1, -0.05) is 6.42 Å². The molecular weight excluding hydrogens is 392 g/mol. The van der Waals surface area contributed by atoms with E-state index in [1.807, 2.05) is 0 Å². The van der Waals surface area contributed by atoms with Gasteiger partial charge >= 0.3 is 5.69 Å². The Bertz CT molecular complexity index is 1290. The smallest absolute Gasteiger partial charge is 0.315 e. The number of anilines is 1. The van der Waals surface area contributed by atoms with E-state index >= 15 is 0 Å². The van der Waals surface area contributed by atoms with Crippen molar-refractivity contribution in [1.82, 2.24) is 18.7 Å². The fraction of sp³-hybridized carbons (Fsp3) is 0.421. The normalized spacial score (nSPS) is 13.7. The first-order chi connectivity index (χ1) is 13.9. The molecule has 3 aromatic rings. The molecule has 0 unspecified atom stereocenters. The van der Waals surface area contributed by atoms with Gasteiger partial charge in [-0.05, 0) is 31.2 Å². The number of thiophene rings is 1. The van der Waals surface area contributed by atoms with Crippen LogP contribution in [0.4, 0.5) is 5.00 Å². The van der Waals surface area contributed by atoms with Gasteiger partial charge in [-0.2, -0.15) is 5.26 Å². The van der Waals surface area contributed by atoms with Crippen LogP contribution in [-0.2, 0) is 38.3 Å². The fourth-order valence-corrected chi connectivity index (χ4v) is 5.04. The largest absolute Gasteiger partial charge is 0.332 e. The Morgan fingerprint density at radius 1 is 1.24 bits per heavy atom. The summed E-state index contributed by atoms with van der Waals surface area (Å²) >= 11 is 1.46. The van der Waals surface area contributed by atoms with E-state index in [1.54, 1.807) is 0 Å². The summed E-state index contributed by atoms with van der Waals surface area (Å²) in [5, 5.41) is 13.0. The lowest BCUT2D eigenvalue weighted by molar-refractivity contribution is -0.116. The van der Waals surface area contributed by atoms with Crippen LogP contribution in [0.3, 0.4) is 0 Å². The third-order valence-corrected chi connectivity index (χ3v) is 6.52. The van der Waals surface area contributed by atoms with Crippen molar-refractivity contribution < 1.29 is 4.79 Å². The van der Waals surface area contributed by atoms with Crippen molar-refractivity contribution in [2.24, 2.45) is 14.1 Å². The van der Waals surface area contributed by atoms with E-state index in [9.17, 15) is 19.6 Å². The van der Waals surface area contributed by atoms with E-state index in [1.165, 1.54) is 45.8 Å². The Balaban J connectivity index is 1.65. The number of hydrogen-bond donors (Lipinski definition) is 1. The van der Waals surface area contributed by atoms with Gasteiger partial charge in [0, 0.05) is 19.0 Å². The predicted octanol–water partition coefficient (Wildman–Crippen LogP) is 1.27. The molecule has 29 heavy (non-hydrogen) atoms. The maximum Gasteiger partial charge on any atom is 0.332 e. The monoisotopic (exact) mass is 412 g/mol. The number of amides is 1. The summed E-state index contributed by atoms with van der Waals surface area (Å²) in [5.41, 5.74) is 1.04. The number of rotatable bonds is 3. The predicted molar refractivity (Wildman–Crippen MR) is 109 cm³/mol. The highest BCUT2D eigenvalue weighted by atomic mass is 32.1. The lowest BCUT2D eigenvalue weighted by Crippen LogP contribution is -2.37. The van der Waals surface area contributed by atoms with Crippen LogP contribution in [0.5, 0.6) is 0 Å². The van der Waals surface area contributed by atoms with Crippen LogP contribution in [0.1, 0.15) is 35.3 Å². The summed E-state index contributed by atoms with van der Waals surface area (Å²) in [4.78, 5) is 42.5. The molecule has 3 aromatic heterocycles. The molecule has 0 spiro atoms. The second-order valence-corrected chi connectivity index (χ2v) is 8.28. The molecule has 0 aliphatic heterocycles. The molecule has 0 saturated heterocycles. The van der Waals surface area contributed by atoms with Crippen molar-refractivity contribution in [2.45, 2.75) is 38.6 Å². The van der Waals surface area contributed by atoms with Gasteiger partial charge in [-0.25, -0.2) is 9.78 Å². The van der Waals surface area contributed by atoms with E-state index in [0.717, 1.165) is 42.2 Å². The van der Waals surface area contributed by atoms with Crippen molar-refractivity contribution in [3.63, 3.8) is 0 Å². The minimum Gasteiger partial charge on any atom is -0.315 e. The number of aromatic nitrogens is 4.